The molecule has 0 radical (unpaired) electrons. The molecule has 0 spiro atoms. The standard InChI is InChI=1S/C22H21ClN4O4S/c1-12(2)18(21(29)30)27-19(28)20-25-17(11-32-20)13-7-9-14(10-8-13)24-22(31)26-16-6-4-3-5-15(16)23/h3-12,18H,1-2H3,(H,27,28)(H,29,30)(H2,24,26,31). The van der Waals surface area contributed by atoms with Crippen LogP contribution in [0.25, 0.3) is 11.3 Å². The van der Waals surface area contributed by atoms with Crippen LogP contribution in [0.2, 0.25) is 5.02 Å². The van der Waals surface area contributed by atoms with Crippen molar-refractivity contribution >= 4 is 52.2 Å². The van der Waals surface area contributed by atoms with Crippen molar-refractivity contribution in [2.45, 2.75) is 19.9 Å². The van der Waals surface area contributed by atoms with E-state index in [-0.39, 0.29) is 10.9 Å². The van der Waals surface area contributed by atoms with Crippen molar-refractivity contribution < 1.29 is 19.5 Å². The van der Waals surface area contributed by atoms with Gasteiger partial charge in [0.2, 0.25) is 0 Å². The fourth-order valence-electron chi connectivity index (χ4n) is 2.80. The van der Waals surface area contributed by atoms with E-state index in [1.54, 1.807) is 67.8 Å². The van der Waals surface area contributed by atoms with Crippen LogP contribution in [0.1, 0.15) is 23.6 Å². The summed E-state index contributed by atoms with van der Waals surface area (Å²) in [5, 5.41) is 19.4. The molecule has 0 saturated heterocycles. The van der Waals surface area contributed by atoms with E-state index in [0.29, 0.717) is 22.1 Å². The number of benzene rings is 2. The molecule has 4 N–H and O–H groups in total. The smallest absolute Gasteiger partial charge is 0.326 e. The van der Waals surface area contributed by atoms with E-state index in [0.717, 1.165) is 16.9 Å². The van der Waals surface area contributed by atoms with Crippen molar-refractivity contribution in [2.24, 2.45) is 5.92 Å². The Bertz CT molecular complexity index is 1130. The third kappa shape index (κ3) is 5.83. The van der Waals surface area contributed by atoms with Gasteiger partial charge < -0.3 is 21.1 Å². The normalized spacial score (nSPS) is 11.6. The maximum Gasteiger partial charge on any atom is 0.326 e. The average Bonchev–Trinajstić information content (AvgIpc) is 3.24. The summed E-state index contributed by atoms with van der Waals surface area (Å²) < 4.78 is 0. The molecule has 166 valence electrons. The van der Waals surface area contributed by atoms with Gasteiger partial charge >= 0.3 is 12.0 Å². The Morgan fingerprint density at radius 2 is 1.72 bits per heavy atom. The lowest BCUT2D eigenvalue weighted by Crippen LogP contribution is -2.44. The Morgan fingerprint density at radius 1 is 1.03 bits per heavy atom. The zero-order valence-electron chi connectivity index (χ0n) is 17.3. The number of nitrogens with zero attached hydrogens (tertiary/aromatic N) is 1. The average molecular weight is 473 g/mol. The zero-order chi connectivity index (χ0) is 23.3. The van der Waals surface area contributed by atoms with E-state index < -0.39 is 23.9 Å². The first-order valence-electron chi connectivity index (χ1n) is 9.66. The third-order valence-corrected chi connectivity index (χ3v) is 5.65. The number of carboxylic acid groups (broad SMARTS) is 1. The number of para-hydroxylation sites is 1. The summed E-state index contributed by atoms with van der Waals surface area (Å²) in [4.78, 5) is 40.1. The number of thiazole rings is 1. The predicted molar refractivity (Wildman–Crippen MR) is 125 cm³/mol. The molecule has 0 aliphatic rings. The quantitative estimate of drug-likeness (QED) is 0.388. The highest BCUT2D eigenvalue weighted by atomic mass is 35.5. The molecule has 10 heteroatoms. The fraction of sp³-hybridized carbons (Fsp3) is 0.182. The maximum atomic E-state index is 12.4. The highest BCUT2D eigenvalue weighted by Gasteiger charge is 2.25. The van der Waals surface area contributed by atoms with Gasteiger partial charge in [-0.1, -0.05) is 49.7 Å². The molecule has 1 unspecified atom stereocenters. The van der Waals surface area contributed by atoms with E-state index in [9.17, 15) is 19.5 Å². The van der Waals surface area contributed by atoms with Gasteiger partial charge in [-0.25, -0.2) is 14.6 Å². The van der Waals surface area contributed by atoms with Crippen LogP contribution >= 0.6 is 22.9 Å². The Morgan fingerprint density at radius 3 is 2.34 bits per heavy atom. The molecule has 8 nitrogen and oxygen atoms in total. The second-order valence-electron chi connectivity index (χ2n) is 7.21. The molecule has 0 aliphatic heterocycles. The number of amides is 3. The van der Waals surface area contributed by atoms with E-state index in [1.807, 2.05) is 0 Å². The van der Waals surface area contributed by atoms with Gasteiger partial charge in [0.25, 0.3) is 5.91 Å². The highest BCUT2D eigenvalue weighted by Crippen LogP contribution is 2.24. The molecule has 1 aromatic heterocycles. The number of aromatic nitrogens is 1. The Kier molecular flexibility index (Phi) is 7.45. The minimum Gasteiger partial charge on any atom is -0.480 e. The summed E-state index contributed by atoms with van der Waals surface area (Å²) in [6.07, 6.45) is 0. The number of hydrogen-bond donors (Lipinski definition) is 4. The third-order valence-electron chi connectivity index (χ3n) is 4.48. The van der Waals surface area contributed by atoms with Crippen molar-refractivity contribution in [1.82, 2.24) is 10.3 Å². The number of carboxylic acids is 1. The van der Waals surface area contributed by atoms with Gasteiger partial charge in [-0.2, -0.15) is 0 Å². The summed E-state index contributed by atoms with van der Waals surface area (Å²) in [5.74, 6) is -1.88. The molecule has 2 aromatic carbocycles. The monoisotopic (exact) mass is 472 g/mol. The Labute approximate surface area is 193 Å². The maximum absolute atomic E-state index is 12.4. The Hall–Kier alpha value is -3.43. The van der Waals surface area contributed by atoms with Crippen molar-refractivity contribution in [2.75, 3.05) is 10.6 Å². The second kappa shape index (κ2) is 10.3. The second-order valence-corrected chi connectivity index (χ2v) is 8.47. The van der Waals surface area contributed by atoms with E-state index >= 15 is 0 Å². The van der Waals surface area contributed by atoms with Gasteiger partial charge in [0.05, 0.1) is 16.4 Å². The number of nitrogens with one attached hydrogen (secondary N) is 3. The lowest BCUT2D eigenvalue weighted by Gasteiger charge is -2.16. The number of urea groups is 1. The van der Waals surface area contributed by atoms with Crippen LogP contribution < -0.4 is 16.0 Å². The highest BCUT2D eigenvalue weighted by molar-refractivity contribution is 7.12. The number of halogens is 1. The molecular formula is C22H21ClN4O4S. The fourth-order valence-corrected chi connectivity index (χ4v) is 3.71. The van der Waals surface area contributed by atoms with Crippen molar-refractivity contribution in [3.05, 3.63) is 63.9 Å². The zero-order valence-corrected chi connectivity index (χ0v) is 18.8. The van der Waals surface area contributed by atoms with Crippen LogP contribution in [-0.2, 0) is 4.79 Å². The number of carbonyl (C=O) groups excluding carboxylic acids is 2. The number of aliphatic carboxylic acids is 1. The predicted octanol–water partition coefficient (Wildman–Crippen LogP) is 4.95. The molecule has 32 heavy (non-hydrogen) atoms. The van der Waals surface area contributed by atoms with Crippen molar-refractivity contribution in [3.8, 4) is 11.3 Å². The molecule has 0 fully saturated rings. The van der Waals surface area contributed by atoms with Gasteiger partial charge in [-0.15, -0.1) is 11.3 Å². The van der Waals surface area contributed by atoms with Crippen LogP contribution in [0.3, 0.4) is 0 Å². The number of anilines is 2. The van der Waals surface area contributed by atoms with Gasteiger partial charge in [0.15, 0.2) is 5.01 Å². The minimum atomic E-state index is -1.09. The molecule has 1 atom stereocenters. The molecule has 3 amide bonds. The summed E-state index contributed by atoms with van der Waals surface area (Å²) in [6.45, 7) is 3.44. The number of carbonyl (C=O) groups is 3. The largest absolute Gasteiger partial charge is 0.480 e. The summed E-state index contributed by atoms with van der Waals surface area (Å²) in [6, 6.07) is 12.4. The molecule has 3 aromatic rings. The van der Waals surface area contributed by atoms with Crippen molar-refractivity contribution in [1.29, 1.82) is 0 Å². The van der Waals surface area contributed by atoms with Crippen LogP contribution in [0, 0.1) is 5.92 Å². The van der Waals surface area contributed by atoms with Crippen LogP contribution in [-0.4, -0.2) is 34.0 Å². The first kappa shape index (κ1) is 23.2. The van der Waals surface area contributed by atoms with E-state index in [4.69, 9.17) is 11.6 Å². The molecule has 1 heterocycles. The topological polar surface area (TPSA) is 120 Å². The van der Waals surface area contributed by atoms with E-state index in [1.165, 1.54) is 0 Å². The number of hydrogen-bond acceptors (Lipinski definition) is 5. The van der Waals surface area contributed by atoms with Crippen LogP contribution in [0.15, 0.2) is 53.9 Å². The van der Waals surface area contributed by atoms with E-state index in [2.05, 4.69) is 20.9 Å². The summed E-state index contributed by atoms with van der Waals surface area (Å²) in [7, 11) is 0. The van der Waals surface area contributed by atoms with Crippen molar-refractivity contribution in [3.63, 3.8) is 0 Å². The van der Waals surface area contributed by atoms with Crippen LogP contribution in [0.4, 0.5) is 16.2 Å². The molecule has 0 bridgehead atoms. The minimum absolute atomic E-state index is 0.174. The first-order chi connectivity index (χ1) is 15.2. The molecule has 0 saturated carbocycles. The van der Waals surface area contributed by atoms with Gasteiger partial charge in [-0.3, -0.25) is 4.79 Å². The summed E-state index contributed by atoms with van der Waals surface area (Å²) >= 11 is 7.16. The molecular weight excluding hydrogens is 452 g/mol. The van der Waals surface area contributed by atoms with Crippen LogP contribution in [0.5, 0.6) is 0 Å². The van der Waals surface area contributed by atoms with Gasteiger partial charge in [0, 0.05) is 16.6 Å². The van der Waals surface area contributed by atoms with Gasteiger partial charge in [-0.05, 0) is 30.2 Å². The lowest BCUT2D eigenvalue weighted by atomic mass is 10.1. The molecule has 3 rings (SSSR count). The SMILES string of the molecule is CC(C)C(NC(=O)c1nc(-c2ccc(NC(=O)Nc3ccccc3Cl)cc2)cs1)C(=O)O. The first-order valence-corrected chi connectivity index (χ1v) is 10.9. The number of rotatable bonds is 7. The molecule has 0 aliphatic carbocycles. The Balaban J connectivity index is 1.63. The summed E-state index contributed by atoms with van der Waals surface area (Å²) in [5.41, 5.74) is 2.38. The lowest BCUT2D eigenvalue weighted by molar-refractivity contribution is -0.140. The van der Waals surface area contributed by atoms with Gasteiger partial charge in [0.1, 0.15) is 6.04 Å².